The molecule has 3 rings (SSSR count). The summed E-state index contributed by atoms with van der Waals surface area (Å²) in [4.78, 5) is 11.4. The van der Waals surface area contributed by atoms with Crippen molar-refractivity contribution < 1.29 is 23.1 Å². The Morgan fingerprint density at radius 3 is 2.27 bits per heavy atom. The molecular formula is C14H18N2O5S. The molecule has 1 saturated heterocycles. The average molecular weight is 326 g/mol. The van der Waals surface area contributed by atoms with Gasteiger partial charge in [-0.15, -0.1) is 0 Å². The zero-order valence-corrected chi connectivity index (χ0v) is 13.0. The van der Waals surface area contributed by atoms with Crippen LogP contribution in [0.5, 0.6) is 0 Å². The van der Waals surface area contributed by atoms with E-state index in [0.717, 1.165) is 11.1 Å². The van der Waals surface area contributed by atoms with Gasteiger partial charge in [-0.05, 0) is 11.1 Å². The molecule has 8 heteroatoms. The van der Waals surface area contributed by atoms with Gasteiger partial charge in [-0.1, -0.05) is 24.3 Å². The molecule has 2 aliphatic rings. The van der Waals surface area contributed by atoms with Crippen molar-refractivity contribution >= 4 is 16.2 Å². The molecule has 1 fully saturated rings. The Kier molecular flexibility index (Phi) is 3.72. The van der Waals surface area contributed by atoms with E-state index in [1.165, 1.54) is 15.7 Å². The lowest BCUT2D eigenvalue weighted by Crippen LogP contribution is -2.46. The monoisotopic (exact) mass is 326 g/mol. The molecule has 1 aromatic rings. The fourth-order valence-corrected chi connectivity index (χ4v) is 4.63. The van der Waals surface area contributed by atoms with E-state index < -0.39 is 21.8 Å². The third kappa shape index (κ3) is 2.32. The van der Waals surface area contributed by atoms with Crippen LogP contribution in [0.25, 0.3) is 0 Å². The van der Waals surface area contributed by atoms with Gasteiger partial charge in [0.25, 0.3) is 10.2 Å². The number of rotatable bonds is 4. The summed E-state index contributed by atoms with van der Waals surface area (Å²) in [7, 11) is -2.40. The average Bonchev–Trinajstić information content (AvgIpc) is 3.12. The Hall–Kier alpha value is -1.48. The first-order valence-electron chi connectivity index (χ1n) is 7.00. The SMILES string of the molecule is COC1(C(=O)O)CCN(S(=O)(=O)N2Cc3ccccc3C2)C1. The maximum atomic E-state index is 12.7. The van der Waals surface area contributed by atoms with Gasteiger partial charge in [-0.2, -0.15) is 17.0 Å². The number of carboxylic acid groups (broad SMARTS) is 1. The first kappa shape index (κ1) is 15.4. The lowest BCUT2D eigenvalue weighted by atomic mass is 10.0. The molecule has 1 aromatic carbocycles. The zero-order valence-electron chi connectivity index (χ0n) is 12.2. The van der Waals surface area contributed by atoms with Crippen molar-refractivity contribution in [2.45, 2.75) is 25.1 Å². The molecule has 120 valence electrons. The number of nitrogens with zero attached hydrogens (tertiary/aromatic N) is 2. The van der Waals surface area contributed by atoms with Crippen LogP contribution in [0, 0.1) is 0 Å². The topological polar surface area (TPSA) is 87.1 Å². The number of ether oxygens (including phenoxy) is 1. The summed E-state index contributed by atoms with van der Waals surface area (Å²) >= 11 is 0. The summed E-state index contributed by atoms with van der Waals surface area (Å²) < 4.78 is 33.1. The van der Waals surface area contributed by atoms with Crippen LogP contribution in [0.4, 0.5) is 0 Å². The van der Waals surface area contributed by atoms with E-state index in [0.29, 0.717) is 13.1 Å². The van der Waals surface area contributed by atoms with E-state index in [1.54, 1.807) is 0 Å². The molecule has 0 aliphatic carbocycles. The standard InChI is InChI=1S/C14H18N2O5S/c1-21-14(13(17)18)6-7-15(10-14)22(19,20)16-8-11-4-2-3-5-12(11)9-16/h2-5H,6-10H2,1H3,(H,17,18). The number of hydrogen-bond donors (Lipinski definition) is 1. The normalized spacial score (nSPS) is 26.2. The number of benzene rings is 1. The van der Waals surface area contributed by atoms with Crippen LogP contribution in [0.15, 0.2) is 24.3 Å². The van der Waals surface area contributed by atoms with Gasteiger partial charge in [-0.3, -0.25) is 0 Å². The van der Waals surface area contributed by atoms with E-state index in [4.69, 9.17) is 4.74 Å². The van der Waals surface area contributed by atoms with Crippen molar-refractivity contribution in [3.63, 3.8) is 0 Å². The summed E-state index contributed by atoms with van der Waals surface area (Å²) in [6.45, 7) is 0.632. The molecule has 7 nitrogen and oxygen atoms in total. The maximum absolute atomic E-state index is 12.7. The predicted octanol–water partition coefficient (Wildman–Crippen LogP) is 0.423. The van der Waals surface area contributed by atoms with Crippen LogP contribution in [-0.4, -0.2) is 53.9 Å². The van der Waals surface area contributed by atoms with Crippen molar-refractivity contribution in [3.8, 4) is 0 Å². The zero-order chi connectivity index (χ0) is 16.0. The van der Waals surface area contributed by atoms with Crippen LogP contribution in [0.2, 0.25) is 0 Å². The molecular weight excluding hydrogens is 308 g/mol. The third-order valence-electron chi connectivity index (χ3n) is 4.44. The summed E-state index contributed by atoms with van der Waals surface area (Å²) in [5, 5.41) is 9.29. The fraction of sp³-hybridized carbons (Fsp3) is 0.500. The van der Waals surface area contributed by atoms with Gasteiger partial charge in [0.2, 0.25) is 0 Å². The highest BCUT2D eigenvalue weighted by Crippen LogP contribution is 2.32. The lowest BCUT2D eigenvalue weighted by molar-refractivity contribution is -0.160. The van der Waals surface area contributed by atoms with Crippen LogP contribution in [-0.2, 0) is 32.8 Å². The number of fused-ring (bicyclic) bond motifs is 1. The fourth-order valence-electron chi connectivity index (χ4n) is 3.00. The molecule has 22 heavy (non-hydrogen) atoms. The second kappa shape index (κ2) is 5.31. The van der Waals surface area contributed by atoms with Gasteiger partial charge in [0, 0.05) is 33.2 Å². The highest BCUT2D eigenvalue weighted by atomic mass is 32.2. The van der Waals surface area contributed by atoms with Crippen LogP contribution < -0.4 is 0 Å². The Balaban J connectivity index is 1.80. The third-order valence-corrected chi connectivity index (χ3v) is 6.32. The van der Waals surface area contributed by atoms with Crippen molar-refractivity contribution in [1.82, 2.24) is 8.61 Å². The molecule has 0 radical (unpaired) electrons. The van der Waals surface area contributed by atoms with Gasteiger partial charge in [0.15, 0.2) is 5.60 Å². The Morgan fingerprint density at radius 2 is 1.82 bits per heavy atom. The maximum Gasteiger partial charge on any atom is 0.337 e. The van der Waals surface area contributed by atoms with Crippen LogP contribution in [0.3, 0.4) is 0 Å². The molecule has 0 spiro atoms. The molecule has 0 aromatic heterocycles. The molecule has 2 heterocycles. The van der Waals surface area contributed by atoms with Crippen molar-refractivity contribution in [2.75, 3.05) is 20.2 Å². The van der Waals surface area contributed by atoms with E-state index in [2.05, 4.69) is 0 Å². The van der Waals surface area contributed by atoms with Gasteiger partial charge in [-0.25, -0.2) is 4.79 Å². The van der Waals surface area contributed by atoms with E-state index >= 15 is 0 Å². The first-order chi connectivity index (χ1) is 10.4. The Bertz CT molecular complexity index is 680. The first-order valence-corrected chi connectivity index (χ1v) is 8.39. The van der Waals surface area contributed by atoms with E-state index in [-0.39, 0.29) is 19.5 Å². The summed E-state index contributed by atoms with van der Waals surface area (Å²) in [6, 6.07) is 7.58. The number of aliphatic carboxylic acids is 1. The Morgan fingerprint density at radius 1 is 1.23 bits per heavy atom. The quantitative estimate of drug-likeness (QED) is 0.866. The smallest absolute Gasteiger partial charge is 0.337 e. The second-order valence-corrected chi connectivity index (χ2v) is 7.56. The molecule has 2 aliphatic heterocycles. The summed E-state index contributed by atoms with van der Waals surface area (Å²) in [5.74, 6) is -1.13. The van der Waals surface area contributed by atoms with Gasteiger partial charge < -0.3 is 9.84 Å². The lowest BCUT2D eigenvalue weighted by Gasteiger charge is -2.26. The summed E-state index contributed by atoms with van der Waals surface area (Å²) in [5.41, 5.74) is 0.530. The summed E-state index contributed by atoms with van der Waals surface area (Å²) in [6.07, 6.45) is 0.152. The van der Waals surface area contributed by atoms with Crippen molar-refractivity contribution in [1.29, 1.82) is 0 Å². The number of hydrogen-bond acceptors (Lipinski definition) is 4. The van der Waals surface area contributed by atoms with E-state index in [9.17, 15) is 18.3 Å². The highest BCUT2D eigenvalue weighted by Gasteiger charge is 2.50. The van der Waals surface area contributed by atoms with Gasteiger partial charge in [0.05, 0.1) is 6.54 Å². The van der Waals surface area contributed by atoms with Gasteiger partial charge in [0.1, 0.15) is 0 Å². The molecule has 1 atom stereocenters. The molecule has 1 N–H and O–H groups in total. The number of methoxy groups -OCH3 is 1. The molecule has 0 bridgehead atoms. The minimum Gasteiger partial charge on any atom is -0.479 e. The highest BCUT2D eigenvalue weighted by molar-refractivity contribution is 7.86. The minimum absolute atomic E-state index is 0.148. The number of carboxylic acids is 1. The second-order valence-electron chi connectivity index (χ2n) is 5.63. The van der Waals surface area contributed by atoms with Crippen molar-refractivity contribution in [2.24, 2.45) is 0 Å². The molecule has 1 unspecified atom stereocenters. The molecule has 0 saturated carbocycles. The predicted molar refractivity (Wildman–Crippen MR) is 78.2 cm³/mol. The van der Waals surface area contributed by atoms with Crippen LogP contribution >= 0.6 is 0 Å². The van der Waals surface area contributed by atoms with Crippen molar-refractivity contribution in [3.05, 3.63) is 35.4 Å². The number of carbonyl (C=O) groups is 1. The largest absolute Gasteiger partial charge is 0.479 e. The van der Waals surface area contributed by atoms with Crippen LogP contribution in [0.1, 0.15) is 17.5 Å². The molecule has 0 amide bonds. The Labute approximate surface area is 129 Å². The van der Waals surface area contributed by atoms with E-state index in [1.807, 2.05) is 24.3 Å². The van der Waals surface area contributed by atoms with Gasteiger partial charge >= 0.3 is 5.97 Å². The minimum atomic E-state index is -3.70.